The van der Waals surface area contributed by atoms with Gasteiger partial charge in [-0.2, -0.15) is 13.2 Å². The Labute approximate surface area is 62.5 Å². The molecule has 1 aliphatic carbocycles. The van der Waals surface area contributed by atoms with Crippen LogP contribution in [0.5, 0.6) is 0 Å². The van der Waals surface area contributed by atoms with Crippen LogP contribution in [-0.4, -0.2) is 18.4 Å². The first-order chi connectivity index (χ1) is 4.87. The summed E-state index contributed by atoms with van der Waals surface area (Å²) in [7, 11) is 0. The molecule has 0 radical (unpaired) electrons. The number of hydrogen-bond donors (Lipinski definition) is 0. The lowest BCUT2D eigenvalue weighted by molar-refractivity contribution is -0.242. The standard InChI is InChI=1S/C7H9F3O/c1-5-2-6(3-5,4-11-5)7(8,9)10/h2-4H2,1H3. The van der Waals surface area contributed by atoms with Crippen molar-refractivity contribution >= 4 is 0 Å². The largest absolute Gasteiger partial charge is 0.396 e. The second-order valence-electron chi connectivity index (χ2n) is 3.87. The summed E-state index contributed by atoms with van der Waals surface area (Å²) in [5.41, 5.74) is -1.95. The van der Waals surface area contributed by atoms with Crippen LogP contribution in [0.2, 0.25) is 0 Å². The van der Waals surface area contributed by atoms with Gasteiger partial charge in [0.15, 0.2) is 0 Å². The summed E-state index contributed by atoms with van der Waals surface area (Å²) < 4.78 is 41.8. The first-order valence-electron chi connectivity index (χ1n) is 3.58. The Hall–Kier alpha value is -0.250. The monoisotopic (exact) mass is 166 g/mol. The van der Waals surface area contributed by atoms with Crippen molar-refractivity contribution < 1.29 is 17.9 Å². The quantitative estimate of drug-likeness (QED) is 0.535. The van der Waals surface area contributed by atoms with Crippen LogP contribution >= 0.6 is 0 Å². The molecule has 1 saturated carbocycles. The number of ether oxygens (including phenoxy) is 1. The van der Waals surface area contributed by atoms with Crippen LogP contribution in [0.3, 0.4) is 0 Å². The van der Waals surface area contributed by atoms with E-state index < -0.39 is 17.2 Å². The zero-order valence-corrected chi connectivity index (χ0v) is 6.16. The van der Waals surface area contributed by atoms with E-state index in [0.29, 0.717) is 0 Å². The maximum absolute atomic E-state index is 12.3. The molecule has 0 aromatic rings. The molecular formula is C7H9F3O. The predicted molar refractivity (Wildman–Crippen MR) is 32.1 cm³/mol. The van der Waals surface area contributed by atoms with Crippen molar-refractivity contribution in [1.29, 1.82) is 0 Å². The van der Waals surface area contributed by atoms with Gasteiger partial charge in [0.1, 0.15) is 0 Å². The van der Waals surface area contributed by atoms with Crippen LogP contribution in [0.4, 0.5) is 13.2 Å². The fourth-order valence-electron chi connectivity index (χ4n) is 2.18. The van der Waals surface area contributed by atoms with Gasteiger partial charge in [-0.1, -0.05) is 0 Å². The van der Waals surface area contributed by atoms with Gasteiger partial charge in [0.2, 0.25) is 0 Å². The normalized spacial score (nSPS) is 49.1. The second kappa shape index (κ2) is 1.58. The Morgan fingerprint density at radius 2 is 1.82 bits per heavy atom. The zero-order chi connectivity index (χ0) is 8.33. The minimum absolute atomic E-state index is 0.132. The molecule has 3 rings (SSSR count). The Balaban J connectivity index is 2.19. The fraction of sp³-hybridized carbons (Fsp3) is 1.00. The third kappa shape index (κ3) is 0.760. The molecule has 4 heteroatoms. The first kappa shape index (κ1) is 7.40. The molecule has 0 aromatic carbocycles. The summed E-state index contributed by atoms with van der Waals surface area (Å²) in [6.07, 6.45) is -3.75. The van der Waals surface area contributed by atoms with Crippen molar-refractivity contribution in [2.45, 2.75) is 31.5 Å². The van der Waals surface area contributed by atoms with Crippen LogP contribution in [-0.2, 0) is 4.74 Å². The molecule has 0 amide bonds. The molecule has 2 bridgehead atoms. The molecule has 2 heterocycles. The molecule has 0 unspecified atom stereocenters. The first-order valence-corrected chi connectivity index (χ1v) is 3.58. The third-order valence-electron chi connectivity index (χ3n) is 2.72. The highest BCUT2D eigenvalue weighted by Crippen LogP contribution is 2.64. The van der Waals surface area contributed by atoms with Gasteiger partial charge in [-0.15, -0.1) is 0 Å². The smallest absolute Gasteiger partial charge is 0.374 e. The summed E-state index contributed by atoms with van der Waals surface area (Å²) in [5, 5.41) is 0. The topological polar surface area (TPSA) is 9.23 Å². The van der Waals surface area contributed by atoms with E-state index in [9.17, 15) is 13.2 Å². The minimum atomic E-state index is -4.07. The highest BCUT2D eigenvalue weighted by atomic mass is 19.4. The molecule has 1 nitrogen and oxygen atoms in total. The number of alkyl halides is 3. The number of halogens is 3. The lowest BCUT2D eigenvalue weighted by atomic mass is 9.63. The van der Waals surface area contributed by atoms with E-state index in [0.717, 1.165) is 0 Å². The Morgan fingerprint density at radius 1 is 1.27 bits per heavy atom. The molecule has 3 aliphatic rings. The summed E-state index contributed by atoms with van der Waals surface area (Å²) in [4.78, 5) is 0. The van der Waals surface area contributed by atoms with Gasteiger partial charge in [-0.3, -0.25) is 0 Å². The lowest BCUT2D eigenvalue weighted by Crippen LogP contribution is -2.50. The molecular weight excluding hydrogens is 157 g/mol. The van der Waals surface area contributed by atoms with E-state index in [1.165, 1.54) is 0 Å². The van der Waals surface area contributed by atoms with E-state index in [-0.39, 0.29) is 19.4 Å². The fourth-order valence-corrected chi connectivity index (χ4v) is 2.18. The number of hydrogen-bond acceptors (Lipinski definition) is 1. The van der Waals surface area contributed by atoms with E-state index in [4.69, 9.17) is 4.74 Å². The summed E-state index contributed by atoms with van der Waals surface area (Å²) in [5.74, 6) is 0. The number of fused-ring (bicyclic) bond motifs is 1. The van der Waals surface area contributed by atoms with Crippen molar-refractivity contribution in [2.24, 2.45) is 5.41 Å². The van der Waals surface area contributed by atoms with Gasteiger partial charge in [-0.05, 0) is 19.8 Å². The van der Waals surface area contributed by atoms with Gasteiger partial charge in [0, 0.05) is 0 Å². The molecule has 0 aromatic heterocycles. The van der Waals surface area contributed by atoms with Crippen LogP contribution in [0, 0.1) is 5.41 Å². The van der Waals surface area contributed by atoms with E-state index >= 15 is 0 Å². The lowest BCUT2D eigenvalue weighted by Gasteiger charge is -2.43. The average Bonchev–Trinajstić information content (AvgIpc) is 2.16. The Kier molecular flexibility index (Phi) is 1.06. The van der Waals surface area contributed by atoms with Gasteiger partial charge in [0.05, 0.1) is 17.6 Å². The van der Waals surface area contributed by atoms with E-state index in [1.54, 1.807) is 6.92 Å². The van der Waals surface area contributed by atoms with Crippen LogP contribution < -0.4 is 0 Å². The molecule has 11 heavy (non-hydrogen) atoms. The molecule has 0 spiro atoms. The summed E-state index contributed by atoms with van der Waals surface area (Å²) >= 11 is 0. The van der Waals surface area contributed by atoms with Crippen molar-refractivity contribution in [2.75, 3.05) is 6.61 Å². The van der Waals surface area contributed by atoms with E-state index in [1.807, 2.05) is 0 Å². The molecule has 2 saturated heterocycles. The van der Waals surface area contributed by atoms with Crippen LogP contribution in [0.15, 0.2) is 0 Å². The van der Waals surface area contributed by atoms with Crippen LogP contribution in [0.1, 0.15) is 19.8 Å². The molecule has 0 atom stereocenters. The van der Waals surface area contributed by atoms with Gasteiger partial charge >= 0.3 is 6.18 Å². The van der Waals surface area contributed by atoms with Gasteiger partial charge < -0.3 is 4.74 Å². The van der Waals surface area contributed by atoms with Crippen molar-refractivity contribution in [3.8, 4) is 0 Å². The maximum atomic E-state index is 12.3. The molecule has 64 valence electrons. The van der Waals surface area contributed by atoms with Crippen molar-refractivity contribution in [1.82, 2.24) is 0 Å². The maximum Gasteiger partial charge on any atom is 0.396 e. The minimum Gasteiger partial charge on any atom is -0.374 e. The summed E-state index contributed by atoms with van der Waals surface area (Å²) in [6.45, 7) is 1.61. The third-order valence-corrected chi connectivity index (χ3v) is 2.72. The average molecular weight is 166 g/mol. The van der Waals surface area contributed by atoms with Gasteiger partial charge in [0.25, 0.3) is 0 Å². The Bertz CT molecular complexity index is 190. The van der Waals surface area contributed by atoms with Crippen molar-refractivity contribution in [3.63, 3.8) is 0 Å². The molecule has 3 fully saturated rings. The van der Waals surface area contributed by atoms with Gasteiger partial charge in [-0.25, -0.2) is 0 Å². The highest BCUT2D eigenvalue weighted by molar-refractivity contribution is 5.12. The highest BCUT2D eigenvalue weighted by Gasteiger charge is 2.71. The summed E-state index contributed by atoms with van der Waals surface area (Å²) in [6, 6.07) is 0. The second-order valence-corrected chi connectivity index (χ2v) is 3.87. The number of rotatable bonds is 0. The Morgan fingerprint density at radius 3 is 2.00 bits per heavy atom. The van der Waals surface area contributed by atoms with Crippen LogP contribution in [0.25, 0.3) is 0 Å². The SMILES string of the molecule is CC12CC(C(F)(F)F)(CO1)C2. The molecule has 2 aliphatic heterocycles. The molecule has 0 N–H and O–H groups in total. The predicted octanol–water partition coefficient (Wildman–Crippen LogP) is 2.12. The van der Waals surface area contributed by atoms with E-state index in [2.05, 4.69) is 0 Å². The van der Waals surface area contributed by atoms with Crippen molar-refractivity contribution in [3.05, 3.63) is 0 Å². The zero-order valence-electron chi connectivity index (χ0n) is 6.16.